The highest BCUT2D eigenvalue weighted by Gasteiger charge is 2.56. The number of phenolic OH excluding ortho intramolecular Hbond substituents is 2. The topological polar surface area (TPSA) is 112 Å². The molecule has 1 fully saturated rings. The van der Waals surface area contributed by atoms with Gasteiger partial charge >= 0.3 is 0 Å². The van der Waals surface area contributed by atoms with Gasteiger partial charge in [-0.3, -0.25) is 24.1 Å². The van der Waals surface area contributed by atoms with E-state index in [-0.39, 0.29) is 52.3 Å². The van der Waals surface area contributed by atoms with Crippen LogP contribution in [0.25, 0.3) is 10.8 Å². The minimum Gasteiger partial charge on any atom is -0.508 e. The summed E-state index contributed by atoms with van der Waals surface area (Å²) >= 11 is 3.25. The third-order valence-corrected chi connectivity index (χ3v) is 9.81. The van der Waals surface area contributed by atoms with Gasteiger partial charge < -0.3 is 10.2 Å². The molecule has 4 atom stereocenters. The molecular formula is C34H26BrNO6. The van der Waals surface area contributed by atoms with Crippen LogP contribution in [-0.2, 0) is 25.6 Å². The summed E-state index contributed by atoms with van der Waals surface area (Å²) in [7, 11) is 0. The molecule has 1 heterocycles. The minimum atomic E-state index is -0.716. The Hall–Kier alpha value is -4.30. The first kappa shape index (κ1) is 26.6. The number of halogens is 1. The number of phenols is 2. The number of Topliss-reactive ketones (excluding diaryl/α,β-unsaturated/α-hetero) is 1. The number of fused-ring (bicyclic) bond motifs is 4. The summed E-state index contributed by atoms with van der Waals surface area (Å²) < 4.78 is 0.164. The van der Waals surface area contributed by atoms with Gasteiger partial charge in [-0.05, 0) is 64.2 Å². The second-order valence-electron chi connectivity index (χ2n) is 11.4. The van der Waals surface area contributed by atoms with Crippen molar-refractivity contribution in [2.45, 2.75) is 25.2 Å². The van der Waals surface area contributed by atoms with Crippen LogP contribution in [0.1, 0.15) is 29.9 Å². The van der Waals surface area contributed by atoms with E-state index in [2.05, 4.69) is 15.9 Å². The summed E-state index contributed by atoms with van der Waals surface area (Å²) in [6, 6.07) is 17.8. The van der Waals surface area contributed by atoms with Crippen LogP contribution in [0, 0.1) is 17.8 Å². The van der Waals surface area contributed by atoms with E-state index in [9.17, 15) is 29.4 Å². The fraction of sp³-hybridized carbons (Fsp3) is 0.235. The predicted molar refractivity (Wildman–Crippen MR) is 159 cm³/mol. The van der Waals surface area contributed by atoms with E-state index in [4.69, 9.17) is 0 Å². The molecule has 0 unspecified atom stereocenters. The van der Waals surface area contributed by atoms with Crippen molar-refractivity contribution in [1.29, 1.82) is 0 Å². The molecule has 42 heavy (non-hydrogen) atoms. The average Bonchev–Trinajstić information content (AvgIpc) is 3.24. The van der Waals surface area contributed by atoms with Gasteiger partial charge in [-0.15, -0.1) is 0 Å². The molecular weight excluding hydrogens is 598 g/mol. The maximum absolute atomic E-state index is 13.9. The van der Waals surface area contributed by atoms with E-state index in [1.54, 1.807) is 30.3 Å². The Morgan fingerprint density at radius 3 is 2.43 bits per heavy atom. The molecule has 210 valence electrons. The highest BCUT2D eigenvalue weighted by Crippen LogP contribution is 2.56. The van der Waals surface area contributed by atoms with Crippen LogP contribution in [0.3, 0.4) is 0 Å². The lowest BCUT2D eigenvalue weighted by molar-refractivity contribution is -0.140. The van der Waals surface area contributed by atoms with Crippen LogP contribution in [0.5, 0.6) is 11.5 Å². The number of likely N-dealkylation sites (tertiary alicyclic amines) is 1. The first-order chi connectivity index (χ1) is 20.2. The summed E-state index contributed by atoms with van der Waals surface area (Å²) in [5.74, 6) is -3.33. The Morgan fingerprint density at radius 1 is 0.881 bits per heavy atom. The van der Waals surface area contributed by atoms with E-state index in [0.717, 1.165) is 16.5 Å². The van der Waals surface area contributed by atoms with Crippen molar-refractivity contribution in [1.82, 2.24) is 4.90 Å². The molecule has 3 aliphatic carbocycles. The van der Waals surface area contributed by atoms with Gasteiger partial charge in [-0.25, -0.2) is 0 Å². The third kappa shape index (κ3) is 4.00. The standard InChI is InChI=1S/C34H26BrNO6/c35-26-16-27(38)30-25(32(26)40)15-24-21(28(30)22-10-7-18-3-1-2-4-20(18)31(22)39)11-12-23-29(24)34(42)36(33(23)41)14-13-17-5-8-19(37)9-6-17/h1-11,16,23-24,28-29,37,39H,12-15H2/t23-,24+,28+,29-/m0/s1. The number of carbonyl (C=O) groups excluding carboxylic acids is 4. The molecule has 2 N–H and O–H groups in total. The first-order valence-corrected chi connectivity index (χ1v) is 14.8. The summed E-state index contributed by atoms with van der Waals surface area (Å²) in [6.45, 7) is 0.214. The molecule has 7 rings (SSSR count). The molecule has 7 nitrogen and oxygen atoms in total. The van der Waals surface area contributed by atoms with Crippen molar-refractivity contribution in [3.8, 4) is 11.5 Å². The van der Waals surface area contributed by atoms with Gasteiger partial charge in [0.25, 0.3) is 0 Å². The zero-order valence-electron chi connectivity index (χ0n) is 22.4. The lowest BCUT2D eigenvalue weighted by atomic mass is 9.59. The van der Waals surface area contributed by atoms with Gasteiger partial charge in [0.05, 0.1) is 16.3 Å². The summed E-state index contributed by atoms with van der Waals surface area (Å²) in [4.78, 5) is 55.7. The number of imide groups is 1. The number of allylic oxidation sites excluding steroid dienone is 6. The zero-order valence-corrected chi connectivity index (χ0v) is 24.0. The smallest absolute Gasteiger partial charge is 0.233 e. The Bertz CT molecular complexity index is 1820. The molecule has 0 radical (unpaired) electrons. The molecule has 3 aromatic carbocycles. The van der Waals surface area contributed by atoms with Gasteiger partial charge in [0.1, 0.15) is 11.5 Å². The van der Waals surface area contributed by atoms with E-state index in [1.165, 1.54) is 11.0 Å². The Morgan fingerprint density at radius 2 is 1.64 bits per heavy atom. The fourth-order valence-corrected chi connectivity index (χ4v) is 7.70. The largest absolute Gasteiger partial charge is 0.508 e. The number of hydrogen-bond acceptors (Lipinski definition) is 6. The molecule has 0 bridgehead atoms. The van der Waals surface area contributed by atoms with Crippen molar-refractivity contribution in [2.75, 3.05) is 6.54 Å². The monoisotopic (exact) mass is 623 g/mol. The number of amides is 2. The van der Waals surface area contributed by atoms with Gasteiger partial charge in [0.2, 0.25) is 11.8 Å². The molecule has 0 spiro atoms. The van der Waals surface area contributed by atoms with Gasteiger partial charge in [0, 0.05) is 40.6 Å². The van der Waals surface area contributed by atoms with Crippen molar-refractivity contribution < 1.29 is 29.4 Å². The minimum absolute atomic E-state index is 0.0341. The molecule has 4 aliphatic rings. The number of nitrogens with zero attached hydrogens (tertiary/aromatic N) is 1. The number of carbonyl (C=O) groups is 4. The molecule has 0 aromatic heterocycles. The number of ketones is 2. The maximum atomic E-state index is 13.9. The summed E-state index contributed by atoms with van der Waals surface area (Å²) in [5.41, 5.74) is 2.86. The van der Waals surface area contributed by atoms with Crippen LogP contribution >= 0.6 is 15.9 Å². The molecule has 2 amide bonds. The van der Waals surface area contributed by atoms with Crippen molar-refractivity contribution >= 4 is 50.1 Å². The number of aromatic hydroxyl groups is 2. The van der Waals surface area contributed by atoms with Crippen LogP contribution in [0.4, 0.5) is 0 Å². The van der Waals surface area contributed by atoms with E-state index >= 15 is 0 Å². The Balaban J connectivity index is 1.30. The highest BCUT2D eigenvalue weighted by molar-refractivity contribution is 9.12. The second kappa shape index (κ2) is 9.91. The van der Waals surface area contributed by atoms with Crippen molar-refractivity contribution in [3.63, 3.8) is 0 Å². The van der Waals surface area contributed by atoms with E-state index in [1.807, 2.05) is 36.4 Å². The number of benzene rings is 3. The van der Waals surface area contributed by atoms with E-state index < -0.39 is 23.7 Å². The highest BCUT2D eigenvalue weighted by atomic mass is 79.9. The van der Waals surface area contributed by atoms with Crippen LogP contribution in [0.15, 0.2) is 94.0 Å². The second-order valence-corrected chi connectivity index (χ2v) is 12.2. The zero-order chi connectivity index (χ0) is 29.3. The van der Waals surface area contributed by atoms with E-state index in [0.29, 0.717) is 34.9 Å². The van der Waals surface area contributed by atoms with Gasteiger partial charge in [0.15, 0.2) is 11.6 Å². The fourth-order valence-electron chi connectivity index (χ4n) is 7.26. The molecule has 1 saturated heterocycles. The molecule has 3 aromatic rings. The Kier molecular flexibility index (Phi) is 6.27. The molecule has 8 heteroatoms. The predicted octanol–water partition coefficient (Wildman–Crippen LogP) is 5.26. The number of hydrogen-bond donors (Lipinski definition) is 2. The van der Waals surface area contributed by atoms with Crippen LogP contribution in [-0.4, -0.2) is 45.0 Å². The van der Waals surface area contributed by atoms with Gasteiger partial charge in [-0.1, -0.05) is 60.2 Å². The lowest BCUT2D eigenvalue weighted by Gasteiger charge is -2.42. The van der Waals surface area contributed by atoms with Crippen molar-refractivity contribution in [3.05, 3.63) is 105 Å². The average molecular weight is 624 g/mol. The first-order valence-electron chi connectivity index (χ1n) is 14.0. The lowest BCUT2D eigenvalue weighted by Crippen LogP contribution is -2.39. The Labute approximate surface area is 250 Å². The molecule has 0 saturated carbocycles. The van der Waals surface area contributed by atoms with Crippen molar-refractivity contribution in [2.24, 2.45) is 17.8 Å². The molecule has 1 aliphatic heterocycles. The van der Waals surface area contributed by atoms with Crippen LogP contribution in [0.2, 0.25) is 0 Å². The van der Waals surface area contributed by atoms with Crippen LogP contribution < -0.4 is 0 Å². The summed E-state index contributed by atoms with van der Waals surface area (Å²) in [5, 5.41) is 22.5. The number of rotatable bonds is 4. The SMILES string of the molecule is O=C1C=C(Br)C(=O)C2=C1[C@@H](c1ccc3ccccc3c1O)C1=CC[C@@H]3C(=O)N(CCc4ccc(O)cc4)C(=O)[C@@H]3[C@@H]1C2. The van der Waals surface area contributed by atoms with Gasteiger partial charge in [-0.2, -0.15) is 0 Å². The summed E-state index contributed by atoms with van der Waals surface area (Å²) in [6.07, 6.45) is 4.20. The third-order valence-electron chi connectivity index (χ3n) is 9.23. The quantitative estimate of drug-likeness (QED) is 0.233. The normalized spacial score (nSPS) is 25.3. The maximum Gasteiger partial charge on any atom is 0.233 e.